The number of rotatable bonds is 47. The van der Waals surface area contributed by atoms with Gasteiger partial charge in [-0.25, -0.2) is 14.4 Å². The number of hydrogen-bond donors (Lipinski definition) is 7. The maximum Gasteiger partial charge on any atom is 0.407 e. The lowest BCUT2D eigenvalue weighted by atomic mass is 10.2. The van der Waals surface area contributed by atoms with Gasteiger partial charge in [0.05, 0.1) is 46.1 Å². The van der Waals surface area contributed by atoms with E-state index in [1.54, 1.807) is 6.92 Å². The lowest BCUT2D eigenvalue weighted by Gasteiger charge is -2.19. The number of amides is 1. The Kier molecular flexibility index (Phi) is 128. The van der Waals surface area contributed by atoms with Gasteiger partial charge in [0.2, 0.25) is 0 Å². The third kappa shape index (κ3) is 180. The lowest BCUT2D eigenvalue weighted by Crippen LogP contribution is -2.32. The third-order valence-corrected chi connectivity index (χ3v) is 12.1. The number of aliphatic hydroxyl groups is 4. The maximum atomic E-state index is 11.4. The number of aliphatic carboxylic acids is 2. The molecule has 21 nitrogen and oxygen atoms in total. The minimum Gasteiger partial charge on any atom is -0.478 e. The molecule has 0 bridgehead atoms. The molecule has 105 heavy (non-hydrogen) atoms. The quantitative estimate of drug-likeness (QED) is 0.00743. The van der Waals surface area contributed by atoms with Gasteiger partial charge in [-0.3, -0.25) is 19.2 Å². The van der Waals surface area contributed by atoms with E-state index in [1.165, 1.54) is 64.1 Å². The van der Waals surface area contributed by atoms with Crippen LogP contribution in [0.3, 0.4) is 0 Å². The van der Waals surface area contributed by atoms with Crippen molar-refractivity contribution < 1.29 is 97.4 Å². The summed E-state index contributed by atoms with van der Waals surface area (Å²) in [5, 5.41) is 54.0. The Hall–Kier alpha value is -4.54. The number of carbonyl (C=O) groups excluding carboxylic acids is 5. The first-order valence-corrected chi connectivity index (χ1v) is 40.2. The van der Waals surface area contributed by atoms with Crippen LogP contribution in [0, 0.1) is 0 Å². The maximum absolute atomic E-state index is 11.4. The first-order chi connectivity index (χ1) is 50.0. The molecule has 0 unspecified atom stereocenters. The summed E-state index contributed by atoms with van der Waals surface area (Å²) in [7, 11) is 0. The molecule has 0 spiro atoms. The van der Waals surface area contributed by atoms with Crippen molar-refractivity contribution in [3.05, 3.63) is 122 Å². The number of ether oxygens (including phenoxy) is 7. The van der Waals surface area contributed by atoms with Crippen LogP contribution in [0.1, 0.15) is 206 Å². The second kappa shape index (κ2) is 110. The number of alkyl halides is 4. The zero-order valence-electron chi connectivity index (χ0n) is 66.3. The molecule has 0 aromatic heterocycles. The van der Waals surface area contributed by atoms with Crippen LogP contribution in [0.25, 0.3) is 0 Å². The van der Waals surface area contributed by atoms with E-state index in [9.17, 15) is 33.6 Å². The number of ketones is 1. The van der Waals surface area contributed by atoms with Crippen molar-refractivity contribution in [2.45, 2.75) is 217 Å². The van der Waals surface area contributed by atoms with Gasteiger partial charge in [0.25, 0.3) is 0 Å². The summed E-state index contributed by atoms with van der Waals surface area (Å²) in [6.07, 6.45) is 53.0. The van der Waals surface area contributed by atoms with Gasteiger partial charge in [0.1, 0.15) is 23.6 Å². The van der Waals surface area contributed by atoms with Gasteiger partial charge in [0, 0.05) is 107 Å². The number of unbranched alkanes of at least 4 members (excludes halogenated alkanes) is 6. The van der Waals surface area contributed by atoms with Crippen LogP contribution in [0.15, 0.2) is 122 Å². The number of alkyl carbamates (subject to hydrolysis) is 1. The fraction of sp³-hybridized carbons (Fsp3) is 0.658. The summed E-state index contributed by atoms with van der Waals surface area (Å²) in [6, 6.07) is 0. The molecule has 1 amide bonds. The Morgan fingerprint density at radius 1 is 0.438 bits per heavy atom. The third-order valence-electron chi connectivity index (χ3n) is 10.2. The van der Waals surface area contributed by atoms with Crippen molar-refractivity contribution in [1.82, 2.24) is 5.32 Å². The van der Waals surface area contributed by atoms with Crippen LogP contribution in [0.2, 0.25) is 0 Å². The van der Waals surface area contributed by atoms with Crippen molar-refractivity contribution in [3.63, 3.8) is 0 Å². The van der Waals surface area contributed by atoms with Crippen LogP contribution in [-0.2, 0) is 61.9 Å². The van der Waals surface area contributed by atoms with E-state index in [0.29, 0.717) is 109 Å². The number of carboxylic acids is 2. The molecule has 0 saturated carbocycles. The smallest absolute Gasteiger partial charge is 0.407 e. The Morgan fingerprint density at radius 3 is 1.12 bits per heavy atom. The predicted molar refractivity (Wildman–Crippen MR) is 445 cm³/mol. The van der Waals surface area contributed by atoms with Crippen LogP contribution >= 0.6 is 66.8 Å². The van der Waals surface area contributed by atoms with Crippen LogP contribution in [0.5, 0.6) is 0 Å². The first-order valence-electron chi connectivity index (χ1n) is 35.9. The number of esters is 2. The van der Waals surface area contributed by atoms with Crippen molar-refractivity contribution in [3.8, 4) is 0 Å². The number of allylic oxidation sites excluding steroid dienone is 11. The van der Waals surface area contributed by atoms with Gasteiger partial charge in [0.15, 0.2) is 5.12 Å². The molecule has 0 aromatic rings. The first kappa shape index (κ1) is 121. The molecule has 0 atom stereocenters. The highest BCUT2D eigenvalue weighted by molar-refractivity contribution is 9.09. The number of hydrogen-bond acceptors (Lipinski definition) is 19. The van der Waals surface area contributed by atoms with Gasteiger partial charge in [-0.1, -0.05) is 213 Å². The molecule has 0 heterocycles. The van der Waals surface area contributed by atoms with E-state index in [-0.39, 0.29) is 61.8 Å². The number of nitrogens with one attached hydrogen (secondary N) is 1. The van der Waals surface area contributed by atoms with Crippen molar-refractivity contribution >= 4 is 108 Å². The molecule has 0 radical (unpaired) electrons. The average molecular weight is 1690 g/mol. The lowest BCUT2D eigenvalue weighted by molar-refractivity contribution is -0.156. The van der Waals surface area contributed by atoms with E-state index >= 15 is 0 Å². The van der Waals surface area contributed by atoms with E-state index < -0.39 is 23.1 Å². The molecular formula is C79H141Br2Cl2NO20S. The summed E-state index contributed by atoms with van der Waals surface area (Å²) >= 11 is 18.3. The Morgan fingerprint density at radius 2 is 0.800 bits per heavy atom. The molecule has 0 aliphatic carbocycles. The molecule has 0 aliphatic rings. The highest BCUT2D eigenvalue weighted by Crippen LogP contribution is 2.09. The SMILES string of the molecule is BrC/C=C/CBr.CC(=O)CCOC/C=C\COCCC(=O)OC(C)(C)C.CC/C=C/CSC(C)=O.CC/C=C\CNC(=O)OC(C)(C)C.CC/C=C\COC(C)=O.CCCC/C=C\CCCC.ClC/C=C\CCl.O=C(O)/C=C\C(=O)O.OCCC/C=C\CCCO.OCCCOC/C=C\COCCCO. The molecule has 7 N–H and O–H groups in total. The summed E-state index contributed by atoms with van der Waals surface area (Å²) < 4.78 is 35.6. The minimum atomic E-state index is -1.26. The number of aliphatic hydroxyl groups excluding tert-OH is 4. The van der Waals surface area contributed by atoms with Crippen molar-refractivity contribution in [2.24, 2.45) is 0 Å². The van der Waals surface area contributed by atoms with E-state index in [0.717, 1.165) is 61.4 Å². The van der Waals surface area contributed by atoms with Crippen LogP contribution in [0.4, 0.5) is 4.79 Å². The monoisotopic (exact) mass is 1680 g/mol. The normalized spacial score (nSPS) is 11.0. The number of Topliss-reactive ketones (excluding diaryl/α,β-unsaturated/α-hetero) is 1. The standard InChI is InChI=1S/C15H26O5.C10H19NO2.C10H20O4.C10H20.C8H16O2.C7H12O2.C7H12OS.C4H6Br2.C4H6Cl2.C4H4O4/c1-13(16)7-11-18-9-5-6-10-19-12-8-14(17)20-15(2,3)4;1-5-6-7-8-11-9(12)13-10(2,3)4;11-5-3-9-13-7-1-2-8-14-10-4-6-12;1-3-5-7-9-10-8-6-4-2;9-7-5-3-1-2-4-6-8-10;2*1-3-4-5-6-9-7(2)8;2*5-3-1-2-4-6;5-3(6)1-2-4(7)8/h5-6H,7-12H2,1-4H3;6-7H,5,8H2,1-4H3,(H,11,12);1-2,11-12H,3-10H2;9-10H,3-8H2,1-2H3;1-2,9-10H,3-8H2;2*4-5H,3,6H2,1-2H3;2*1-2H,3-4H2;1-2H,(H,5,6)(H,7,8)/b6-5-;7-6-;2-1-;10-9-;2-1-;5-4-;5-4+;2-1+;2*2-1-. The number of carboxylic acid groups (broad SMARTS) is 2. The molecule has 0 fully saturated rings. The second-order valence-electron chi connectivity index (χ2n) is 22.8. The Bertz CT molecular complexity index is 2050. The molecule has 0 aromatic carbocycles. The summed E-state index contributed by atoms with van der Waals surface area (Å²) in [4.78, 5) is 72.6. The highest BCUT2D eigenvalue weighted by atomic mass is 79.9. The van der Waals surface area contributed by atoms with Gasteiger partial charge in [-0.2, -0.15) is 0 Å². The molecule has 0 aliphatic heterocycles. The van der Waals surface area contributed by atoms with Gasteiger partial charge in [-0.15, -0.1) is 23.2 Å². The van der Waals surface area contributed by atoms with Gasteiger partial charge >= 0.3 is 30.0 Å². The summed E-state index contributed by atoms with van der Waals surface area (Å²) in [6.45, 7) is 32.0. The number of halogens is 4. The summed E-state index contributed by atoms with van der Waals surface area (Å²) in [5.41, 5.74) is -0.868. The second-order valence-corrected chi connectivity index (χ2v) is 26.0. The van der Waals surface area contributed by atoms with Gasteiger partial charge in [-0.05, 0) is 119 Å². The Balaban J connectivity index is -0.000000122. The topological polar surface area (TPSA) is 318 Å². The molecular weight excluding hydrogens is 1550 g/mol. The molecule has 26 heteroatoms. The zero-order valence-corrected chi connectivity index (χ0v) is 71.8. The van der Waals surface area contributed by atoms with Crippen LogP contribution in [-0.4, -0.2) is 203 Å². The van der Waals surface area contributed by atoms with Gasteiger partial charge < -0.3 is 69.1 Å². The van der Waals surface area contributed by atoms with Crippen molar-refractivity contribution in [2.75, 3.05) is 121 Å². The number of carbonyl (C=O) groups is 7. The highest BCUT2D eigenvalue weighted by Gasteiger charge is 2.16. The summed E-state index contributed by atoms with van der Waals surface area (Å²) in [5.74, 6) is -0.924. The average Bonchev–Trinajstić information content (AvgIpc) is 1.00. The van der Waals surface area contributed by atoms with E-state index in [4.69, 9.17) is 82.3 Å². The zero-order chi connectivity index (χ0) is 82.0. The fourth-order valence-corrected chi connectivity index (χ4v) is 6.66. The van der Waals surface area contributed by atoms with Crippen molar-refractivity contribution in [1.29, 1.82) is 0 Å². The Labute approximate surface area is 665 Å². The van der Waals surface area contributed by atoms with E-state index in [2.05, 4.69) is 93.1 Å². The van der Waals surface area contributed by atoms with Crippen LogP contribution < -0.4 is 5.32 Å². The molecule has 616 valence electrons. The fourth-order valence-electron chi connectivity index (χ4n) is 5.41. The molecule has 0 saturated heterocycles. The predicted octanol–water partition coefficient (Wildman–Crippen LogP) is 17.9. The molecule has 0 rings (SSSR count). The minimum absolute atomic E-state index is 0.124. The largest absolute Gasteiger partial charge is 0.478 e. The number of thioether (sulfide) groups is 1. The van der Waals surface area contributed by atoms with E-state index in [1.807, 2.05) is 134 Å².